The van der Waals surface area contributed by atoms with Crippen molar-refractivity contribution in [3.8, 4) is 0 Å². The van der Waals surface area contributed by atoms with E-state index in [0.717, 1.165) is 19.5 Å². The third-order valence-corrected chi connectivity index (χ3v) is 3.71. The lowest BCUT2D eigenvalue weighted by atomic mass is 9.88. The van der Waals surface area contributed by atoms with Gasteiger partial charge in [-0.25, -0.2) is 0 Å². The van der Waals surface area contributed by atoms with E-state index in [4.69, 9.17) is 23.2 Å². The Kier molecular flexibility index (Phi) is 6.32. The van der Waals surface area contributed by atoms with Crippen LogP contribution in [0.2, 0.25) is 10.0 Å². The van der Waals surface area contributed by atoms with Gasteiger partial charge in [0.15, 0.2) is 0 Å². The molecule has 0 radical (unpaired) electrons. The normalized spacial score (nSPS) is 13.1. The van der Waals surface area contributed by atoms with Gasteiger partial charge in [-0.15, -0.1) is 0 Å². The van der Waals surface area contributed by atoms with Gasteiger partial charge < -0.3 is 5.32 Å². The van der Waals surface area contributed by atoms with Gasteiger partial charge in [-0.2, -0.15) is 0 Å². The van der Waals surface area contributed by atoms with Gasteiger partial charge in [-0.3, -0.25) is 0 Å². The molecule has 1 atom stereocenters. The fourth-order valence-electron chi connectivity index (χ4n) is 1.92. The van der Waals surface area contributed by atoms with Crippen LogP contribution in [-0.4, -0.2) is 13.1 Å². The molecule has 0 aromatic heterocycles. The van der Waals surface area contributed by atoms with Crippen molar-refractivity contribution >= 4 is 23.2 Å². The second-order valence-corrected chi connectivity index (χ2v) is 5.54. The van der Waals surface area contributed by atoms with Crippen molar-refractivity contribution in [3.63, 3.8) is 0 Å². The summed E-state index contributed by atoms with van der Waals surface area (Å²) >= 11 is 12.0. The Hall–Kier alpha value is -0.240. The molecule has 1 unspecified atom stereocenters. The van der Waals surface area contributed by atoms with Crippen molar-refractivity contribution in [2.75, 3.05) is 13.1 Å². The van der Waals surface area contributed by atoms with Crippen LogP contribution in [0.15, 0.2) is 18.2 Å². The summed E-state index contributed by atoms with van der Waals surface area (Å²) in [5.74, 6) is 1.06. The molecule has 0 heterocycles. The van der Waals surface area contributed by atoms with Crippen molar-refractivity contribution < 1.29 is 0 Å². The third-order valence-electron chi connectivity index (χ3n) is 2.97. The predicted octanol–water partition coefficient (Wildman–Crippen LogP) is 4.73. The van der Waals surface area contributed by atoms with Crippen LogP contribution in [-0.2, 0) is 0 Å². The zero-order chi connectivity index (χ0) is 12.8. The summed E-state index contributed by atoms with van der Waals surface area (Å²) in [6.45, 7) is 8.70. The SMILES string of the molecule is CCCNCC(c1ccc(Cl)c(Cl)c1)C(C)C. The first-order valence-electron chi connectivity index (χ1n) is 6.22. The van der Waals surface area contributed by atoms with E-state index < -0.39 is 0 Å². The number of hydrogen-bond acceptors (Lipinski definition) is 1. The Balaban J connectivity index is 2.78. The van der Waals surface area contributed by atoms with Crippen LogP contribution in [0.25, 0.3) is 0 Å². The van der Waals surface area contributed by atoms with E-state index in [1.54, 1.807) is 0 Å². The minimum atomic E-state index is 0.483. The molecule has 0 aliphatic rings. The molecular weight excluding hydrogens is 253 g/mol. The summed E-state index contributed by atoms with van der Waals surface area (Å²) in [6.07, 6.45) is 1.16. The molecule has 0 saturated heterocycles. The largest absolute Gasteiger partial charge is 0.316 e. The van der Waals surface area contributed by atoms with Crippen molar-refractivity contribution in [3.05, 3.63) is 33.8 Å². The quantitative estimate of drug-likeness (QED) is 0.739. The van der Waals surface area contributed by atoms with Gasteiger partial charge in [0.2, 0.25) is 0 Å². The van der Waals surface area contributed by atoms with Crippen LogP contribution in [0, 0.1) is 5.92 Å². The topological polar surface area (TPSA) is 12.0 Å². The molecule has 1 aromatic rings. The Morgan fingerprint density at radius 1 is 1.18 bits per heavy atom. The molecule has 1 N–H and O–H groups in total. The number of hydrogen-bond donors (Lipinski definition) is 1. The minimum Gasteiger partial charge on any atom is -0.316 e. The average Bonchev–Trinajstić information content (AvgIpc) is 2.28. The van der Waals surface area contributed by atoms with Crippen LogP contribution in [0.5, 0.6) is 0 Å². The lowest BCUT2D eigenvalue weighted by molar-refractivity contribution is 0.462. The van der Waals surface area contributed by atoms with Crippen LogP contribution < -0.4 is 5.32 Å². The smallest absolute Gasteiger partial charge is 0.0595 e. The Morgan fingerprint density at radius 2 is 1.88 bits per heavy atom. The highest BCUT2D eigenvalue weighted by atomic mass is 35.5. The molecule has 1 aromatic carbocycles. The molecular formula is C14H21Cl2N. The number of rotatable bonds is 6. The molecule has 17 heavy (non-hydrogen) atoms. The fourth-order valence-corrected chi connectivity index (χ4v) is 2.22. The van der Waals surface area contributed by atoms with Gasteiger partial charge in [-0.1, -0.05) is 50.0 Å². The summed E-state index contributed by atoms with van der Waals surface area (Å²) in [4.78, 5) is 0. The lowest BCUT2D eigenvalue weighted by Gasteiger charge is -2.22. The minimum absolute atomic E-state index is 0.483. The summed E-state index contributed by atoms with van der Waals surface area (Å²) < 4.78 is 0. The first kappa shape index (κ1) is 14.8. The molecule has 0 saturated carbocycles. The molecule has 0 spiro atoms. The van der Waals surface area contributed by atoms with E-state index in [-0.39, 0.29) is 0 Å². The summed E-state index contributed by atoms with van der Waals surface area (Å²) in [6, 6.07) is 5.95. The van der Waals surface area contributed by atoms with Crippen molar-refractivity contribution in [2.24, 2.45) is 5.92 Å². The van der Waals surface area contributed by atoms with Crippen LogP contribution in [0.1, 0.15) is 38.7 Å². The predicted molar refractivity (Wildman–Crippen MR) is 77.2 cm³/mol. The maximum atomic E-state index is 6.07. The molecule has 0 aliphatic heterocycles. The second-order valence-electron chi connectivity index (χ2n) is 4.73. The molecule has 0 fully saturated rings. The third kappa shape index (κ3) is 4.50. The molecule has 96 valence electrons. The fraction of sp³-hybridized carbons (Fsp3) is 0.571. The van der Waals surface area contributed by atoms with E-state index in [1.807, 2.05) is 12.1 Å². The number of benzene rings is 1. The average molecular weight is 274 g/mol. The highest BCUT2D eigenvalue weighted by Crippen LogP contribution is 2.29. The highest BCUT2D eigenvalue weighted by Gasteiger charge is 2.16. The summed E-state index contributed by atoms with van der Waals surface area (Å²) in [5, 5.41) is 4.74. The van der Waals surface area contributed by atoms with Crippen molar-refractivity contribution in [1.82, 2.24) is 5.32 Å². The van der Waals surface area contributed by atoms with Crippen LogP contribution in [0.3, 0.4) is 0 Å². The zero-order valence-electron chi connectivity index (χ0n) is 10.8. The van der Waals surface area contributed by atoms with Gasteiger partial charge in [0.1, 0.15) is 0 Å². The molecule has 3 heteroatoms. The molecule has 1 rings (SSSR count). The van der Waals surface area contributed by atoms with Gasteiger partial charge in [0.05, 0.1) is 10.0 Å². The molecule has 0 amide bonds. The Bertz CT molecular complexity index is 350. The van der Waals surface area contributed by atoms with E-state index in [9.17, 15) is 0 Å². The number of halogens is 2. The zero-order valence-corrected chi connectivity index (χ0v) is 12.3. The van der Waals surface area contributed by atoms with E-state index in [1.165, 1.54) is 5.56 Å². The standard InChI is InChI=1S/C14H21Cl2N/c1-4-7-17-9-12(10(2)3)11-5-6-13(15)14(16)8-11/h5-6,8,10,12,17H,4,7,9H2,1-3H3. The monoisotopic (exact) mass is 273 g/mol. The van der Waals surface area contributed by atoms with Gasteiger partial charge in [-0.05, 0) is 42.5 Å². The first-order valence-corrected chi connectivity index (χ1v) is 6.97. The van der Waals surface area contributed by atoms with E-state index in [0.29, 0.717) is 21.9 Å². The van der Waals surface area contributed by atoms with Crippen LogP contribution in [0.4, 0.5) is 0 Å². The second kappa shape index (κ2) is 7.25. The molecule has 0 bridgehead atoms. The maximum Gasteiger partial charge on any atom is 0.0595 e. The molecule has 0 aliphatic carbocycles. The van der Waals surface area contributed by atoms with Crippen molar-refractivity contribution in [1.29, 1.82) is 0 Å². The first-order chi connectivity index (χ1) is 8.06. The van der Waals surface area contributed by atoms with Gasteiger partial charge >= 0.3 is 0 Å². The lowest BCUT2D eigenvalue weighted by Crippen LogP contribution is -2.25. The van der Waals surface area contributed by atoms with Crippen LogP contribution >= 0.6 is 23.2 Å². The Morgan fingerprint density at radius 3 is 2.41 bits per heavy atom. The summed E-state index contributed by atoms with van der Waals surface area (Å²) in [7, 11) is 0. The van der Waals surface area contributed by atoms with Gasteiger partial charge in [0, 0.05) is 6.54 Å². The van der Waals surface area contributed by atoms with E-state index in [2.05, 4.69) is 32.2 Å². The van der Waals surface area contributed by atoms with Gasteiger partial charge in [0.25, 0.3) is 0 Å². The molecule has 1 nitrogen and oxygen atoms in total. The van der Waals surface area contributed by atoms with Crippen molar-refractivity contribution in [2.45, 2.75) is 33.1 Å². The van der Waals surface area contributed by atoms with E-state index >= 15 is 0 Å². The maximum absolute atomic E-state index is 6.07. The highest BCUT2D eigenvalue weighted by molar-refractivity contribution is 6.42. The number of nitrogens with one attached hydrogen (secondary N) is 1. The Labute approximate surface area is 115 Å². The summed E-state index contributed by atoms with van der Waals surface area (Å²) in [5.41, 5.74) is 1.26.